The molecule has 0 radical (unpaired) electrons. The van der Waals surface area contributed by atoms with Gasteiger partial charge < -0.3 is 15.7 Å². The molecule has 2 bridgehead atoms. The molecule has 0 amide bonds. The van der Waals surface area contributed by atoms with Gasteiger partial charge in [-0.2, -0.15) is 26.3 Å². The summed E-state index contributed by atoms with van der Waals surface area (Å²) in [5.41, 5.74) is 1.39. The van der Waals surface area contributed by atoms with Crippen molar-refractivity contribution in [2.24, 2.45) is 5.41 Å². The number of halogens is 6. The number of aliphatic hydroxyl groups is 1. The van der Waals surface area contributed by atoms with Crippen LogP contribution in [0, 0.1) is 5.41 Å². The normalized spacial score (nSPS) is 25.2. The summed E-state index contributed by atoms with van der Waals surface area (Å²) in [5, 5.41) is 10.3. The molecule has 2 aromatic heterocycles. The lowest BCUT2D eigenvalue weighted by molar-refractivity contribution is -0.243. The van der Waals surface area contributed by atoms with E-state index in [1.165, 1.54) is 24.4 Å². The second kappa shape index (κ2) is 8.53. The minimum absolute atomic E-state index is 0.0271. The molecule has 210 valence electrons. The number of nitrogen functional groups attached to an aromatic ring is 1. The minimum atomic E-state index is -5.53. The third kappa shape index (κ3) is 4.19. The lowest BCUT2D eigenvalue weighted by Gasteiger charge is -2.50. The van der Waals surface area contributed by atoms with Gasteiger partial charge in [0, 0.05) is 36.0 Å². The Morgan fingerprint density at radius 1 is 1.18 bits per heavy atom. The molecule has 1 aromatic carbocycles. The van der Waals surface area contributed by atoms with Crippen LogP contribution in [0.1, 0.15) is 36.6 Å². The number of benzene rings is 1. The van der Waals surface area contributed by atoms with E-state index in [1.54, 1.807) is 0 Å². The van der Waals surface area contributed by atoms with E-state index >= 15 is 0 Å². The summed E-state index contributed by atoms with van der Waals surface area (Å²) in [7, 11) is -4.86. The van der Waals surface area contributed by atoms with Crippen LogP contribution in [0.4, 0.5) is 32.2 Å². The summed E-state index contributed by atoms with van der Waals surface area (Å²) in [5.74, 6) is -4.22. The number of hydrogen-bond donors (Lipinski definition) is 2. The lowest BCUT2D eigenvalue weighted by atomic mass is 9.63. The summed E-state index contributed by atoms with van der Waals surface area (Å²) in [6.07, 6.45) is -9.38. The average molecular weight is 579 g/mol. The summed E-state index contributed by atoms with van der Waals surface area (Å²) in [6, 6.07) is 6.31. The van der Waals surface area contributed by atoms with Crippen molar-refractivity contribution in [2.45, 2.75) is 48.0 Å². The van der Waals surface area contributed by atoms with E-state index < -0.39 is 68.2 Å². The third-order valence-electron chi connectivity index (χ3n) is 7.24. The van der Waals surface area contributed by atoms with Gasteiger partial charge in [0.1, 0.15) is 0 Å². The van der Waals surface area contributed by atoms with Crippen LogP contribution in [-0.4, -0.2) is 56.7 Å². The monoisotopic (exact) mass is 579 g/mol. The Hall–Kier alpha value is -3.44. The predicted octanol–water partition coefficient (Wildman–Crippen LogP) is 3.04. The second-order valence-corrected chi connectivity index (χ2v) is 11.4. The molecule has 1 atom stereocenters. The van der Waals surface area contributed by atoms with E-state index in [0.717, 1.165) is 16.5 Å². The Labute approximate surface area is 216 Å². The molecule has 0 saturated heterocycles. The van der Waals surface area contributed by atoms with Gasteiger partial charge in [-0.3, -0.25) is 4.40 Å². The number of anilines is 1. The summed E-state index contributed by atoms with van der Waals surface area (Å²) in [4.78, 5) is 23.2. The van der Waals surface area contributed by atoms with Crippen LogP contribution in [0.3, 0.4) is 0 Å². The van der Waals surface area contributed by atoms with E-state index in [4.69, 9.17) is 5.73 Å². The summed E-state index contributed by atoms with van der Waals surface area (Å²) < 4.78 is 108. The van der Waals surface area contributed by atoms with E-state index in [1.807, 2.05) is 0 Å². The Bertz CT molecular complexity index is 1550. The molecule has 0 spiro atoms. The van der Waals surface area contributed by atoms with Crippen LogP contribution >= 0.6 is 0 Å². The Kier molecular flexibility index (Phi) is 5.93. The number of carbonyl (C=O) groups excluding carboxylic acids is 1. The number of aliphatic hydroxyl groups excluding tert-OH is 1. The smallest absolute Gasteiger partial charge is 0.396 e. The highest BCUT2D eigenvalue weighted by atomic mass is 32.2. The number of nitrogens with two attached hydrogens (primary N) is 1. The highest BCUT2D eigenvalue weighted by Gasteiger charge is 2.72. The van der Waals surface area contributed by atoms with E-state index in [-0.39, 0.29) is 35.1 Å². The van der Waals surface area contributed by atoms with Crippen LogP contribution < -0.4 is 5.73 Å². The second-order valence-electron chi connectivity index (χ2n) is 9.66. The van der Waals surface area contributed by atoms with Crippen molar-refractivity contribution in [1.82, 2.24) is 18.8 Å². The number of carbonyl (C=O) groups is 1. The highest BCUT2D eigenvalue weighted by molar-refractivity contribution is 7.89. The van der Waals surface area contributed by atoms with Crippen LogP contribution in [-0.2, 0) is 25.8 Å². The van der Waals surface area contributed by atoms with Crippen LogP contribution in [0.15, 0.2) is 47.6 Å². The van der Waals surface area contributed by atoms with Crippen molar-refractivity contribution < 1.29 is 49.5 Å². The molecule has 39 heavy (non-hydrogen) atoms. The number of rotatable bonds is 6. The van der Waals surface area contributed by atoms with E-state index in [2.05, 4.69) is 14.8 Å². The fourth-order valence-electron chi connectivity index (χ4n) is 5.73. The van der Waals surface area contributed by atoms with Crippen LogP contribution in [0.25, 0.3) is 5.65 Å². The first-order valence-electron chi connectivity index (χ1n) is 11.3. The Morgan fingerprint density at radius 2 is 1.82 bits per heavy atom. The number of nitrogens with zero attached hydrogens (tertiary/aromatic N) is 4. The number of imidazole rings is 1. The van der Waals surface area contributed by atoms with Crippen molar-refractivity contribution in [1.29, 1.82) is 0 Å². The molecule has 3 N–H and O–H groups in total. The van der Waals surface area contributed by atoms with Gasteiger partial charge in [-0.15, -0.1) is 0 Å². The van der Waals surface area contributed by atoms with Crippen molar-refractivity contribution in [2.75, 3.05) is 12.3 Å². The molecule has 3 saturated carbocycles. The van der Waals surface area contributed by atoms with Crippen LogP contribution in [0.5, 0.6) is 0 Å². The number of hydroxylamine groups is 1. The largest absolute Gasteiger partial charge is 0.492 e. The Morgan fingerprint density at radius 3 is 2.38 bits per heavy atom. The van der Waals surface area contributed by atoms with Gasteiger partial charge >= 0.3 is 18.3 Å². The van der Waals surface area contributed by atoms with Gasteiger partial charge in [-0.1, -0.05) is 18.2 Å². The van der Waals surface area contributed by atoms with Crippen molar-refractivity contribution in [3.8, 4) is 0 Å². The minimum Gasteiger partial charge on any atom is -0.396 e. The molecule has 3 aliphatic carbocycles. The van der Waals surface area contributed by atoms with Crippen molar-refractivity contribution in [3.63, 3.8) is 0 Å². The number of fused-ring (bicyclic) bond motifs is 2. The van der Waals surface area contributed by atoms with Gasteiger partial charge in [0.25, 0.3) is 10.0 Å². The molecule has 3 fully saturated rings. The van der Waals surface area contributed by atoms with Gasteiger partial charge in [-0.25, -0.2) is 23.2 Å². The zero-order valence-electron chi connectivity index (χ0n) is 19.6. The number of alkyl halides is 6. The number of aromatic nitrogens is 3. The fourth-order valence-corrected chi connectivity index (χ4v) is 7.30. The lowest BCUT2D eigenvalue weighted by Crippen LogP contribution is -2.59. The van der Waals surface area contributed by atoms with Gasteiger partial charge in [0.05, 0.1) is 10.4 Å². The molecule has 3 aromatic rings. The quantitative estimate of drug-likeness (QED) is 0.336. The fraction of sp³-hybridized carbons (Fsp3) is 0.409. The van der Waals surface area contributed by atoms with Crippen molar-refractivity contribution >= 4 is 27.5 Å². The molecular formula is C22H19F6N5O5S. The molecular weight excluding hydrogens is 560 g/mol. The summed E-state index contributed by atoms with van der Waals surface area (Å²) >= 11 is 0. The average Bonchev–Trinajstić information content (AvgIpc) is 3.50. The zero-order chi connectivity index (χ0) is 28.6. The maximum Gasteiger partial charge on any atom is 0.492 e. The molecule has 10 nitrogen and oxygen atoms in total. The standard InChI is InChI=1S/C22H19F6N5O5S/c23-21(24,25)15-8-32-14(7-30-17(32)16(29)31-15)13-6-20(9-19(13,10-20)11-34)33(38-18(35)22(26,27)28)39(36,37)12-4-2-1-3-5-12/h1-5,7-8,13,34H,6,9-11H2,(H2,29,31). The van der Waals surface area contributed by atoms with E-state index in [0.29, 0.717) is 6.20 Å². The van der Waals surface area contributed by atoms with Gasteiger partial charge in [-0.05, 0) is 35.9 Å². The molecule has 6 rings (SSSR count). The maximum atomic E-state index is 13.5. The predicted molar refractivity (Wildman–Crippen MR) is 119 cm³/mol. The van der Waals surface area contributed by atoms with Gasteiger partial charge in [0.2, 0.25) is 0 Å². The third-order valence-corrected chi connectivity index (χ3v) is 9.00. The SMILES string of the molecule is Nc1nc(C(F)(F)F)cn2c(C3CC4(N(OC(=O)C(F)(F)F)S(=O)(=O)c5ccccc5)CC3(CO)C4)cnc12. The molecule has 2 heterocycles. The van der Waals surface area contributed by atoms with E-state index in [9.17, 15) is 44.7 Å². The first-order chi connectivity index (χ1) is 18.0. The molecule has 1 unspecified atom stereocenters. The van der Waals surface area contributed by atoms with Crippen molar-refractivity contribution in [3.05, 3.63) is 54.1 Å². The first-order valence-corrected chi connectivity index (χ1v) is 12.7. The Balaban J connectivity index is 1.61. The summed E-state index contributed by atoms with van der Waals surface area (Å²) in [6.45, 7) is -0.591. The maximum absolute atomic E-state index is 13.5. The molecule has 0 aliphatic heterocycles. The molecule has 17 heteroatoms. The topological polar surface area (TPSA) is 140 Å². The van der Waals surface area contributed by atoms with Crippen LogP contribution in [0.2, 0.25) is 0 Å². The number of hydrogen-bond acceptors (Lipinski definition) is 8. The number of sulfonamides is 1. The zero-order valence-corrected chi connectivity index (χ0v) is 20.4. The molecule has 3 aliphatic rings. The first kappa shape index (κ1) is 27.1. The van der Waals surface area contributed by atoms with Gasteiger partial charge in [0.15, 0.2) is 17.2 Å². The highest BCUT2D eigenvalue weighted by Crippen LogP contribution is 2.70.